The summed E-state index contributed by atoms with van der Waals surface area (Å²) in [4.78, 5) is 41.4. The number of likely N-dealkylation sites (N-methyl/N-ethyl adjacent to an activating group) is 1. The van der Waals surface area contributed by atoms with Gasteiger partial charge in [0.1, 0.15) is 12.1 Å². The summed E-state index contributed by atoms with van der Waals surface area (Å²) in [5.74, 6) is -0.653. The van der Waals surface area contributed by atoms with Gasteiger partial charge < -0.3 is 15.1 Å². The molecule has 2 aromatic rings. The molecule has 3 rings (SSSR count). The molecule has 7 heteroatoms. The Morgan fingerprint density at radius 2 is 1.76 bits per heavy atom. The van der Waals surface area contributed by atoms with Crippen LogP contribution in [0.15, 0.2) is 59.1 Å². The van der Waals surface area contributed by atoms with E-state index >= 15 is 0 Å². The fourth-order valence-corrected chi connectivity index (χ4v) is 3.83. The molecule has 1 fully saturated rings. The van der Waals surface area contributed by atoms with E-state index in [9.17, 15) is 14.4 Å². The second-order valence-corrected chi connectivity index (χ2v) is 8.04. The Hall–Kier alpha value is -2.67. The third kappa shape index (κ3) is 4.85. The summed E-state index contributed by atoms with van der Waals surface area (Å²) >= 11 is 3.37. The molecule has 152 valence electrons. The van der Waals surface area contributed by atoms with Gasteiger partial charge in [-0.1, -0.05) is 46.3 Å². The van der Waals surface area contributed by atoms with Crippen molar-refractivity contribution in [3.63, 3.8) is 0 Å². The van der Waals surface area contributed by atoms with Crippen LogP contribution in [0, 0.1) is 0 Å². The lowest BCUT2D eigenvalue weighted by Crippen LogP contribution is -2.48. The summed E-state index contributed by atoms with van der Waals surface area (Å²) in [6.45, 7) is 1.93. The van der Waals surface area contributed by atoms with Crippen LogP contribution in [0.1, 0.15) is 31.4 Å². The van der Waals surface area contributed by atoms with Crippen molar-refractivity contribution in [2.24, 2.45) is 0 Å². The molecular weight excluding hydrogens is 434 g/mol. The number of nitrogens with one attached hydrogen (secondary N) is 1. The van der Waals surface area contributed by atoms with Crippen molar-refractivity contribution in [3.05, 3.63) is 64.6 Å². The first-order valence-corrected chi connectivity index (χ1v) is 10.3. The van der Waals surface area contributed by atoms with E-state index in [1.54, 1.807) is 24.1 Å². The average molecular weight is 458 g/mol. The second-order valence-electron chi connectivity index (χ2n) is 7.13. The van der Waals surface area contributed by atoms with Crippen LogP contribution in [-0.4, -0.2) is 47.2 Å². The number of nitrogens with zero attached hydrogens (tertiary/aromatic N) is 2. The lowest BCUT2D eigenvalue weighted by molar-refractivity contribution is -0.146. The van der Waals surface area contributed by atoms with Crippen molar-refractivity contribution >= 4 is 39.3 Å². The first-order chi connectivity index (χ1) is 13.9. The van der Waals surface area contributed by atoms with E-state index in [0.717, 1.165) is 16.5 Å². The standard InChI is InChI=1S/C22H24BrN3O3/c1-15(27)25(2)20(16-7-4-3-5-8-16)22(29)26-14-6-9-19(26)21(28)24-18-12-10-17(23)11-13-18/h3-5,7-8,10-13,19-20H,6,9,14H2,1-2H3,(H,24,28)/t19-,20?/m0/s1. The SMILES string of the molecule is CC(=O)N(C)C(C(=O)N1CCC[C@H]1C(=O)Nc1ccc(Br)cc1)c1ccccc1. The van der Waals surface area contributed by atoms with Gasteiger partial charge in [-0.05, 0) is 42.7 Å². The van der Waals surface area contributed by atoms with E-state index in [4.69, 9.17) is 0 Å². The van der Waals surface area contributed by atoms with E-state index in [2.05, 4.69) is 21.2 Å². The van der Waals surface area contributed by atoms with Crippen LogP contribution < -0.4 is 5.32 Å². The number of benzene rings is 2. The molecule has 6 nitrogen and oxygen atoms in total. The van der Waals surface area contributed by atoms with Gasteiger partial charge in [-0.25, -0.2) is 0 Å². The number of rotatable bonds is 5. The summed E-state index contributed by atoms with van der Waals surface area (Å²) in [5.41, 5.74) is 1.41. The first kappa shape index (κ1) is 21.0. The number of hydrogen-bond acceptors (Lipinski definition) is 3. The molecule has 0 radical (unpaired) electrons. The van der Waals surface area contributed by atoms with E-state index < -0.39 is 12.1 Å². The smallest absolute Gasteiger partial charge is 0.250 e. The predicted octanol–water partition coefficient (Wildman–Crippen LogP) is 3.60. The van der Waals surface area contributed by atoms with Crippen LogP contribution in [0.5, 0.6) is 0 Å². The van der Waals surface area contributed by atoms with Crippen LogP contribution in [-0.2, 0) is 14.4 Å². The molecule has 0 aliphatic carbocycles. The molecule has 0 bridgehead atoms. The highest BCUT2D eigenvalue weighted by Crippen LogP contribution is 2.28. The Labute approximate surface area is 179 Å². The number of hydrogen-bond donors (Lipinski definition) is 1. The predicted molar refractivity (Wildman–Crippen MR) is 115 cm³/mol. The zero-order valence-electron chi connectivity index (χ0n) is 16.5. The van der Waals surface area contributed by atoms with Crippen molar-refractivity contribution in [2.75, 3.05) is 18.9 Å². The molecular formula is C22H24BrN3O3. The maximum Gasteiger partial charge on any atom is 0.250 e. The maximum atomic E-state index is 13.4. The van der Waals surface area contributed by atoms with Gasteiger partial charge >= 0.3 is 0 Å². The normalized spacial score (nSPS) is 16.9. The molecule has 1 heterocycles. The van der Waals surface area contributed by atoms with Crippen LogP contribution >= 0.6 is 15.9 Å². The average Bonchev–Trinajstić information content (AvgIpc) is 3.20. The number of carbonyl (C=O) groups is 3. The third-order valence-corrected chi connectivity index (χ3v) is 5.71. The van der Waals surface area contributed by atoms with Gasteiger partial charge in [0.05, 0.1) is 0 Å². The summed E-state index contributed by atoms with van der Waals surface area (Å²) in [5, 5.41) is 2.89. The minimum absolute atomic E-state index is 0.206. The van der Waals surface area contributed by atoms with Crippen molar-refractivity contribution in [2.45, 2.75) is 31.8 Å². The molecule has 1 aliphatic rings. The zero-order valence-corrected chi connectivity index (χ0v) is 18.1. The molecule has 1 unspecified atom stereocenters. The molecule has 2 aromatic carbocycles. The van der Waals surface area contributed by atoms with E-state index in [-0.39, 0.29) is 17.7 Å². The fourth-order valence-electron chi connectivity index (χ4n) is 3.57. The maximum absolute atomic E-state index is 13.4. The van der Waals surface area contributed by atoms with Gasteiger partial charge in [-0.15, -0.1) is 0 Å². The topological polar surface area (TPSA) is 69.7 Å². The van der Waals surface area contributed by atoms with Crippen molar-refractivity contribution in [1.82, 2.24) is 9.80 Å². The third-order valence-electron chi connectivity index (χ3n) is 5.18. The monoisotopic (exact) mass is 457 g/mol. The number of anilines is 1. The molecule has 2 atom stereocenters. The summed E-state index contributed by atoms with van der Waals surface area (Å²) < 4.78 is 0.922. The summed E-state index contributed by atoms with van der Waals surface area (Å²) in [7, 11) is 1.62. The van der Waals surface area contributed by atoms with Crippen molar-refractivity contribution < 1.29 is 14.4 Å². The Balaban J connectivity index is 1.82. The molecule has 0 saturated carbocycles. The molecule has 0 spiro atoms. The number of halogens is 1. The quantitative estimate of drug-likeness (QED) is 0.745. The Kier molecular flexibility index (Phi) is 6.69. The Morgan fingerprint density at radius 3 is 2.38 bits per heavy atom. The van der Waals surface area contributed by atoms with E-state index in [1.165, 1.54) is 11.8 Å². The molecule has 0 aromatic heterocycles. The van der Waals surface area contributed by atoms with Crippen molar-refractivity contribution in [3.8, 4) is 0 Å². The summed E-state index contributed by atoms with van der Waals surface area (Å²) in [6.07, 6.45) is 1.34. The minimum Gasteiger partial charge on any atom is -0.330 e. The Bertz CT molecular complexity index is 886. The number of amides is 3. The highest BCUT2D eigenvalue weighted by Gasteiger charge is 2.39. The number of carbonyl (C=O) groups excluding carboxylic acids is 3. The molecule has 29 heavy (non-hydrogen) atoms. The van der Waals surface area contributed by atoms with Gasteiger partial charge in [-0.2, -0.15) is 0 Å². The molecule has 3 amide bonds. The van der Waals surface area contributed by atoms with Crippen LogP contribution in [0.2, 0.25) is 0 Å². The summed E-state index contributed by atoms with van der Waals surface area (Å²) in [6, 6.07) is 15.2. The minimum atomic E-state index is -0.755. The van der Waals surface area contributed by atoms with Crippen molar-refractivity contribution in [1.29, 1.82) is 0 Å². The van der Waals surface area contributed by atoms with E-state index in [0.29, 0.717) is 18.7 Å². The first-order valence-electron chi connectivity index (χ1n) is 9.53. The highest BCUT2D eigenvalue weighted by molar-refractivity contribution is 9.10. The molecule has 1 saturated heterocycles. The highest BCUT2D eigenvalue weighted by atomic mass is 79.9. The van der Waals surface area contributed by atoms with Gasteiger partial charge in [0.15, 0.2) is 0 Å². The largest absolute Gasteiger partial charge is 0.330 e. The lowest BCUT2D eigenvalue weighted by Gasteiger charge is -2.33. The van der Waals surface area contributed by atoms with E-state index in [1.807, 2.05) is 42.5 Å². The fraction of sp³-hybridized carbons (Fsp3) is 0.318. The second kappa shape index (κ2) is 9.22. The van der Waals surface area contributed by atoms with Crippen LogP contribution in [0.4, 0.5) is 5.69 Å². The van der Waals surface area contributed by atoms with Gasteiger partial charge in [0, 0.05) is 30.7 Å². The van der Waals surface area contributed by atoms with Crippen LogP contribution in [0.3, 0.4) is 0 Å². The van der Waals surface area contributed by atoms with Gasteiger partial charge in [-0.3, -0.25) is 14.4 Å². The lowest BCUT2D eigenvalue weighted by atomic mass is 10.0. The molecule has 1 aliphatic heterocycles. The van der Waals surface area contributed by atoms with Crippen LogP contribution in [0.25, 0.3) is 0 Å². The van der Waals surface area contributed by atoms with Gasteiger partial charge in [0.25, 0.3) is 5.91 Å². The zero-order chi connectivity index (χ0) is 21.0. The number of likely N-dealkylation sites (tertiary alicyclic amines) is 1. The van der Waals surface area contributed by atoms with Gasteiger partial charge in [0.2, 0.25) is 11.8 Å². The molecule has 1 N–H and O–H groups in total. The Morgan fingerprint density at radius 1 is 1.10 bits per heavy atom.